The zero-order valence-electron chi connectivity index (χ0n) is 30.7. The minimum Gasteiger partial charge on any atom is -0.396 e. The van der Waals surface area contributed by atoms with E-state index >= 15 is 0 Å². The van der Waals surface area contributed by atoms with Crippen LogP contribution in [0.5, 0.6) is 0 Å². The van der Waals surface area contributed by atoms with E-state index in [4.69, 9.17) is 20.1 Å². The van der Waals surface area contributed by atoms with Crippen LogP contribution in [0.1, 0.15) is 213 Å². The first-order chi connectivity index (χ1) is 18.3. The fourth-order valence-corrected chi connectivity index (χ4v) is 3.56. The van der Waals surface area contributed by atoms with Crippen LogP contribution in [-0.4, -0.2) is 46.8 Å². The molecule has 0 radical (unpaired) electrons. The molecule has 0 saturated carbocycles. The maximum atomic E-state index is 8.72. The summed E-state index contributed by atoms with van der Waals surface area (Å²) in [4.78, 5) is 0. The van der Waals surface area contributed by atoms with Crippen LogP contribution in [0, 0.1) is 35.5 Å². The van der Waals surface area contributed by atoms with E-state index < -0.39 is 0 Å². The molecule has 3 atom stereocenters. The second-order valence-corrected chi connectivity index (χ2v) is 14.1. The lowest BCUT2D eigenvalue weighted by Gasteiger charge is -2.10. The van der Waals surface area contributed by atoms with Crippen molar-refractivity contribution >= 4 is 0 Å². The van der Waals surface area contributed by atoms with Gasteiger partial charge in [-0.15, -0.1) is 0 Å². The highest BCUT2D eigenvalue weighted by Crippen LogP contribution is 2.18. The van der Waals surface area contributed by atoms with Crippen LogP contribution < -0.4 is 0 Å². The lowest BCUT2D eigenvalue weighted by Crippen LogP contribution is -2.07. The predicted molar refractivity (Wildman–Crippen MR) is 223 cm³/mol. The Morgan fingerprint density at radius 1 is 0.543 bits per heavy atom. The van der Waals surface area contributed by atoms with E-state index in [1.165, 1.54) is 38.5 Å². The van der Waals surface area contributed by atoms with Crippen molar-refractivity contribution in [3.05, 3.63) is 0 Å². The summed E-state index contributed by atoms with van der Waals surface area (Å²) in [5, 5.41) is 25.7. The Kier molecular flexibility index (Phi) is 94.3. The van der Waals surface area contributed by atoms with Crippen LogP contribution in [0.4, 0.5) is 0 Å². The third-order valence-electron chi connectivity index (χ3n) is 5.77. The average Bonchev–Trinajstić information content (AvgIpc) is 3.26. The monoisotopic (exact) mass is 675 g/mol. The van der Waals surface area contributed by atoms with Crippen molar-refractivity contribution in [3.63, 3.8) is 0 Å². The summed E-state index contributed by atoms with van der Waals surface area (Å²) >= 11 is 0. The highest BCUT2D eigenvalue weighted by atomic mass is 16.5. The van der Waals surface area contributed by atoms with Gasteiger partial charge in [0, 0.05) is 13.2 Å². The molecule has 2 unspecified atom stereocenters. The molecule has 1 heterocycles. The third kappa shape index (κ3) is 112. The first kappa shape index (κ1) is 75.9. The summed E-state index contributed by atoms with van der Waals surface area (Å²) in [6.07, 6.45) is 10.9. The smallest absolute Gasteiger partial charge is 0.0578 e. The van der Waals surface area contributed by atoms with E-state index in [0.717, 1.165) is 43.6 Å². The van der Waals surface area contributed by atoms with Crippen LogP contribution in [0.25, 0.3) is 0 Å². The number of hydrogen-bond acceptors (Lipinski definition) is 4. The highest BCUT2D eigenvalue weighted by molar-refractivity contribution is 4.65. The molecule has 0 aromatic heterocycles. The summed E-state index contributed by atoms with van der Waals surface area (Å²) in [5.41, 5.74) is 0. The number of hydrogen-bond donors (Lipinski definition) is 3. The molecule has 298 valence electrons. The molecule has 1 rings (SSSR count). The van der Waals surface area contributed by atoms with Gasteiger partial charge in [-0.1, -0.05) is 161 Å². The van der Waals surface area contributed by atoms with Crippen LogP contribution in [-0.2, 0) is 4.74 Å². The van der Waals surface area contributed by atoms with Crippen LogP contribution in [0.2, 0.25) is 0 Å². The second kappa shape index (κ2) is 57.1. The molecule has 0 aromatic rings. The van der Waals surface area contributed by atoms with E-state index in [0.29, 0.717) is 30.5 Å². The first-order valence-electron chi connectivity index (χ1n) is 16.9. The summed E-state index contributed by atoms with van der Waals surface area (Å²) < 4.78 is 5.46. The normalized spacial score (nSPS) is 13.6. The molecule has 46 heavy (non-hydrogen) atoms. The Morgan fingerprint density at radius 2 is 0.891 bits per heavy atom. The van der Waals surface area contributed by atoms with Gasteiger partial charge >= 0.3 is 0 Å². The molecule has 4 nitrogen and oxygen atoms in total. The van der Waals surface area contributed by atoms with Crippen molar-refractivity contribution in [1.82, 2.24) is 0 Å². The minimum absolute atomic E-state index is 0. The van der Waals surface area contributed by atoms with Gasteiger partial charge < -0.3 is 20.1 Å². The fraction of sp³-hybridized carbons (Fsp3) is 1.00. The average molecular weight is 675 g/mol. The predicted octanol–water partition coefficient (Wildman–Crippen LogP) is 14.4. The molecule has 0 spiro atoms. The molecule has 4 heteroatoms. The molecule has 0 bridgehead atoms. The van der Waals surface area contributed by atoms with Crippen molar-refractivity contribution in [1.29, 1.82) is 0 Å². The number of aliphatic hydroxyl groups is 3. The van der Waals surface area contributed by atoms with Gasteiger partial charge in [0.05, 0.1) is 18.3 Å². The quantitative estimate of drug-likeness (QED) is 0.204. The fourth-order valence-electron chi connectivity index (χ4n) is 3.56. The molecule has 3 N–H and O–H groups in total. The summed E-state index contributed by atoms with van der Waals surface area (Å²) in [5.74, 6) is 4.48. The van der Waals surface area contributed by atoms with Gasteiger partial charge in [0.15, 0.2) is 0 Å². The zero-order valence-corrected chi connectivity index (χ0v) is 30.7. The zero-order chi connectivity index (χ0) is 32.7. The van der Waals surface area contributed by atoms with Crippen LogP contribution in [0.15, 0.2) is 0 Å². The topological polar surface area (TPSA) is 69.9 Å². The molecule has 1 fully saturated rings. The summed E-state index contributed by atoms with van der Waals surface area (Å²) in [7, 11) is 0. The van der Waals surface area contributed by atoms with Gasteiger partial charge in [0.25, 0.3) is 0 Å². The summed E-state index contributed by atoms with van der Waals surface area (Å²) in [6.45, 7) is 35.4. The Labute approximate surface area is 299 Å². The Bertz CT molecular complexity index is 374. The Hall–Kier alpha value is -0.160. The Morgan fingerprint density at radius 3 is 0.978 bits per heavy atom. The lowest BCUT2D eigenvalue weighted by molar-refractivity contribution is 0.0939. The molecule has 0 amide bonds. The number of ether oxygens (including phenoxy) is 1. The molecular weight excluding hydrogens is 568 g/mol. The molecular formula is C42H106O4. The van der Waals surface area contributed by atoms with E-state index in [1.54, 1.807) is 0 Å². The molecule has 1 aliphatic rings. The van der Waals surface area contributed by atoms with Gasteiger partial charge in [0.2, 0.25) is 0 Å². The van der Waals surface area contributed by atoms with Crippen LogP contribution in [0.3, 0.4) is 0 Å². The lowest BCUT2D eigenvalue weighted by atomic mass is 10.0. The maximum Gasteiger partial charge on any atom is 0.0578 e. The van der Waals surface area contributed by atoms with Gasteiger partial charge in [-0.05, 0) is 87.9 Å². The van der Waals surface area contributed by atoms with Gasteiger partial charge in [-0.3, -0.25) is 0 Å². The highest BCUT2D eigenvalue weighted by Gasteiger charge is 2.15. The largest absolute Gasteiger partial charge is 0.396 e. The van der Waals surface area contributed by atoms with Crippen molar-refractivity contribution in [3.8, 4) is 0 Å². The molecule has 0 aromatic carbocycles. The minimum atomic E-state index is -0.125. The van der Waals surface area contributed by atoms with Crippen molar-refractivity contribution in [2.75, 3.05) is 13.2 Å². The standard InChI is InChI=1S/C8H16O.2C6H14O.C6H14.C5H12O.C5H12.6CH4/c1-7(2)6-8-4-3-5-9-8;2*1-5(2)4-6(3)7;1-4-5-6(2)3;1-5(2)3-4-6;1-4-5(2)3;;;;;;/h7-8H,3-6H2,1-2H3;2*5-7H,4H2,1-3H3;6H,4-5H2,1-3H3;5-6H,3-4H2,1-2H3;5H,4H2,1-3H3;6*1H4/t;6-;;;;;;;;;;/m.0........../s1. The van der Waals surface area contributed by atoms with Crippen LogP contribution >= 0.6 is 0 Å². The number of rotatable bonds is 11. The first-order valence-corrected chi connectivity index (χ1v) is 16.9. The third-order valence-corrected chi connectivity index (χ3v) is 5.77. The molecule has 0 aliphatic carbocycles. The Balaban J connectivity index is -0.0000000349. The maximum absolute atomic E-state index is 8.72. The number of aliphatic hydroxyl groups excluding tert-OH is 3. The second-order valence-electron chi connectivity index (χ2n) is 14.1. The van der Waals surface area contributed by atoms with Gasteiger partial charge in [-0.2, -0.15) is 0 Å². The van der Waals surface area contributed by atoms with E-state index in [1.807, 2.05) is 13.8 Å². The molecule has 1 saturated heterocycles. The van der Waals surface area contributed by atoms with E-state index in [9.17, 15) is 0 Å². The SMILES string of the molecule is C.C.C.C.C.C.CC(C)CC(C)O.CC(C)CC1CCCO1.CC(C)CCO.CC(C)C[C@H](C)O.CCC(C)C.CCCC(C)C. The summed E-state index contributed by atoms with van der Waals surface area (Å²) in [6, 6.07) is 0. The van der Waals surface area contributed by atoms with Crippen molar-refractivity contribution < 1.29 is 20.1 Å². The van der Waals surface area contributed by atoms with Gasteiger partial charge in [-0.25, -0.2) is 0 Å². The van der Waals surface area contributed by atoms with Gasteiger partial charge in [0.1, 0.15) is 0 Å². The molecule has 1 aliphatic heterocycles. The van der Waals surface area contributed by atoms with E-state index in [-0.39, 0.29) is 56.8 Å². The van der Waals surface area contributed by atoms with E-state index in [2.05, 4.69) is 96.9 Å². The van der Waals surface area contributed by atoms with Crippen molar-refractivity contribution in [2.24, 2.45) is 35.5 Å². The van der Waals surface area contributed by atoms with Crippen molar-refractivity contribution in [2.45, 2.75) is 231 Å².